The summed E-state index contributed by atoms with van der Waals surface area (Å²) in [5, 5.41) is 0. The Kier molecular flexibility index (Phi) is 5.42. The second kappa shape index (κ2) is 7.30. The van der Waals surface area contributed by atoms with Gasteiger partial charge in [-0.05, 0) is 42.7 Å². The highest BCUT2D eigenvalue weighted by Crippen LogP contribution is 2.28. The van der Waals surface area contributed by atoms with Crippen LogP contribution in [0.1, 0.15) is 30.9 Å². The van der Waals surface area contributed by atoms with Gasteiger partial charge in [-0.2, -0.15) is 0 Å². The van der Waals surface area contributed by atoms with E-state index in [4.69, 9.17) is 16.3 Å². The molecule has 0 aromatic heterocycles. The molecule has 0 spiro atoms. The van der Waals surface area contributed by atoms with Gasteiger partial charge in [0.1, 0.15) is 17.3 Å². The Morgan fingerprint density at radius 1 is 1.10 bits per heavy atom. The predicted molar refractivity (Wildman–Crippen MR) is 81.1 cm³/mol. The molecule has 0 aliphatic heterocycles. The van der Waals surface area contributed by atoms with E-state index < -0.39 is 0 Å². The number of hydrogen-bond donors (Lipinski definition) is 0. The van der Waals surface area contributed by atoms with Crippen LogP contribution in [0.5, 0.6) is 11.5 Å². The van der Waals surface area contributed by atoms with Crippen LogP contribution in [0.25, 0.3) is 0 Å². The number of aryl methyl sites for hydroxylation is 1. The fourth-order valence-corrected chi connectivity index (χ4v) is 2.26. The highest BCUT2D eigenvalue weighted by molar-refractivity contribution is 6.17. The summed E-state index contributed by atoms with van der Waals surface area (Å²) in [7, 11) is 0. The van der Waals surface area contributed by atoms with E-state index in [-0.39, 0.29) is 11.7 Å². The molecule has 0 aliphatic carbocycles. The number of halogens is 2. The van der Waals surface area contributed by atoms with E-state index >= 15 is 0 Å². The van der Waals surface area contributed by atoms with Crippen molar-refractivity contribution in [3.05, 3.63) is 59.4 Å². The van der Waals surface area contributed by atoms with Crippen LogP contribution in [0, 0.1) is 5.82 Å². The third-order valence-corrected chi connectivity index (χ3v) is 3.45. The van der Waals surface area contributed by atoms with Crippen molar-refractivity contribution in [1.29, 1.82) is 0 Å². The fraction of sp³-hybridized carbons (Fsp3) is 0.294. The molecule has 0 bridgehead atoms. The van der Waals surface area contributed by atoms with Crippen molar-refractivity contribution >= 4 is 11.6 Å². The van der Waals surface area contributed by atoms with Gasteiger partial charge in [0, 0.05) is 5.56 Å². The Hall–Kier alpha value is -1.54. The number of unbranched alkanes of at least 4 members (excludes halogenated alkanes) is 1. The van der Waals surface area contributed by atoms with E-state index in [9.17, 15) is 4.39 Å². The molecule has 0 atom stereocenters. The lowest BCUT2D eigenvalue weighted by atomic mass is 10.1. The van der Waals surface area contributed by atoms with Crippen molar-refractivity contribution in [2.45, 2.75) is 32.1 Å². The average molecular weight is 293 g/mol. The Balaban J connectivity index is 2.12. The molecule has 20 heavy (non-hydrogen) atoms. The Morgan fingerprint density at radius 3 is 2.50 bits per heavy atom. The third-order valence-electron chi connectivity index (χ3n) is 3.18. The lowest BCUT2D eigenvalue weighted by Gasteiger charge is -2.10. The van der Waals surface area contributed by atoms with Crippen molar-refractivity contribution in [2.75, 3.05) is 0 Å². The molecule has 2 aromatic carbocycles. The molecule has 3 heteroatoms. The number of benzene rings is 2. The van der Waals surface area contributed by atoms with E-state index in [1.807, 2.05) is 24.3 Å². The largest absolute Gasteiger partial charge is 0.457 e. The summed E-state index contributed by atoms with van der Waals surface area (Å²) >= 11 is 5.77. The minimum absolute atomic E-state index is 0.0938. The number of hydrogen-bond acceptors (Lipinski definition) is 1. The van der Waals surface area contributed by atoms with Crippen molar-refractivity contribution in [3.8, 4) is 11.5 Å². The minimum atomic E-state index is -0.336. The summed E-state index contributed by atoms with van der Waals surface area (Å²) in [6.07, 6.45) is 3.44. The van der Waals surface area contributed by atoms with Crippen molar-refractivity contribution in [2.24, 2.45) is 0 Å². The van der Waals surface area contributed by atoms with E-state index in [2.05, 4.69) is 6.92 Å². The van der Waals surface area contributed by atoms with Gasteiger partial charge >= 0.3 is 0 Å². The summed E-state index contributed by atoms with van der Waals surface area (Å²) < 4.78 is 19.3. The lowest BCUT2D eigenvalue weighted by molar-refractivity contribution is 0.470. The number of rotatable bonds is 6. The van der Waals surface area contributed by atoms with Gasteiger partial charge in [0.25, 0.3) is 0 Å². The van der Waals surface area contributed by atoms with Gasteiger partial charge in [0.15, 0.2) is 0 Å². The van der Waals surface area contributed by atoms with Gasteiger partial charge in [0.2, 0.25) is 0 Å². The maximum atomic E-state index is 13.6. The third kappa shape index (κ3) is 3.73. The molecule has 0 unspecified atom stereocenters. The quantitative estimate of drug-likeness (QED) is 0.621. The Bertz CT molecular complexity index is 551. The zero-order chi connectivity index (χ0) is 14.4. The van der Waals surface area contributed by atoms with Gasteiger partial charge in [0.05, 0.1) is 5.88 Å². The van der Waals surface area contributed by atoms with Crippen LogP contribution >= 0.6 is 11.6 Å². The highest BCUT2D eigenvalue weighted by atomic mass is 35.5. The van der Waals surface area contributed by atoms with E-state index in [0.717, 1.165) is 6.42 Å². The molecule has 0 fully saturated rings. The Labute approximate surface area is 124 Å². The molecular formula is C17H18ClFO. The molecule has 0 radical (unpaired) electrons. The van der Waals surface area contributed by atoms with Crippen LogP contribution in [-0.4, -0.2) is 0 Å². The van der Waals surface area contributed by atoms with Crippen molar-refractivity contribution in [1.82, 2.24) is 0 Å². The summed E-state index contributed by atoms with van der Waals surface area (Å²) in [6, 6.07) is 12.7. The first-order chi connectivity index (χ1) is 9.74. The predicted octanol–water partition coefficient (Wildman–Crippen LogP) is 5.70. The smallest absolute Gasteiger partial charge is 0.134 e. The van der Waals surface area contributed by atoms with Gasteiger partial charge in [-0.15, -0.1) is 11.6 Å². The summed E-state index contributed by atoms with van der Waals surface area (Å²) in [5.74, 6) is 0.928. The molecular weight excluding hydrogens is 275 g/mol. The van der Waals surface area contributed by atoms with Gasteiger partial charge < -0.3 is 4.74 Å². The van der Waals surface area contributed by atoms with E-state index in [0.29, 0.717) is 17.1 Å². The van der Waals surface area contributed by atoms with Gasteiger partial charge in [-0.3, -0.25) is 0 Å². The summed E-state index contributed by atoms with van der Waals surface area (Å²) in [6.45, 7) is 2.18. The van der Waals surface area contributed by atoms with Crippen LogP contribution in [0.4, 0.5) is 4.39 Å². The molecule has 0 saturated carbocycles. The first kappa shape index (κ1) is 14.9. The molecule has 0 aliphatic rings. The first-order valence-electron chi connectivity index (χ1n) is 6.84. The topological polar surface area (TPSA) is 9.23 Å². The van der Waals surface area contributed by atoms with E-state index in [1.165, 1.54) is 24.5 Å². The van der Waals surface area contributed by atoms with Crippen LogP contribution in [0.3, 0.4) is 0 Å². The molecule has 0 saturated heterocycles. The monoisotopic (exact) mass is 292 g/mol. The van der Waals surface area contributed by atoms with Crippen LogP contribution in [0.2, 0.25) is 0 Å². The molecule has 0 N–H and O–H groups in total. The average Bonchev–Trinajstić information content (AvgIpc) is 2.47. The molecule has 0 amide bonds. The van der Waals surface area contributed by atoms with E-state index in [1.54, 1.807) is 12.1 Å². The maximum absolute atomic E-state index is 13.6. The normalized spacial score (nSPS) is 10.6. The molecule has 2 rings (SSSR count). The molecule has 106 valence electrons. The Morgan fingerprint density at radius 2 is 1.85 bits per heavy atom. The zero-order valence-corrected chi connectivity index (χ0v) is 12.3. The highest BCUT2D eigenvalue weighted by Gasteiger charge is 2.09. The zero-order valence-electron chi connectivity index (χ0n) is 11.5. The van der Waals surface area contributed by atoms with Crippen molar-refractivity contribution in [3.63, 3.8) is 0 Å². The second-order valence-electron chi connectivity index (χ2n) is 4.70. The summed E-state index contributed by atoms with van der Waals surface area (Å²) in [5.41, 5.74) is 1.68. The molecule has 1 nitrogen and oxygen atoms in total. The fourth-order valence-electron chi connectivity index (χ4n) is 2.00. The minimum Gasteiger partial charge on any atom is -0.457 e. The van der Waals surface area contributed by atoms with Crippen LogP contribution in [-0.2, 0) is 12.3 Å². The molecule has 0 heterocycles. The number of alkyl halides is 1. The van der Waals surface area contributed by atoms with Crippen molar-refractivity contribution < 1.29 is 9.13 Å². The number of ether oxygens (including phenoxy) is 1. The second-order valence-corrected chi connectivity index (χ2v) is 4.97. The SMILES string of the molecule is CCCCc1ccc(Oc2cccc(F)c2CCl)cc1. The molecule has 2 aromatic rings. The summed E-state index contributed by atoms with van der Waals surface area (Å²) in [4.78, 5) is 0. The first-order valence-corrected chi connectivity index (χ1v) is 7.38. The van der Waals surface area contributed by atoms with Crippen LogP contribution in [0.15, 0.2) is 42.5 Å². The van der Waals surface area contributed by atoms with Crippen LogP contribution < -0.4 is 4.74 Å². The standard InChI is InChI=1S/C17H18ClFO/c1-2-3-5-13-8-10-14(11-9-13)20-17-7-4-6-16(19)15(17)12-18/h4,6-11H,2-3,5,12H2,1H3. The van der Waals surface area contributed by atoms with Gasteiger partial charge in [-0.1, -0.05) is 31.5 Å². The lowest BCUT2D eigenvalue weighted by Crippen LogP contribution is -1.93. The maximum Gasteiger partial charge on any atom is 0.134 e. The van der Waals surface area contributed by atoms with Gasteiger partial charge in [-0.25, -0.2) is 4.39 Å².